The van der Waals surface area contributed by atoms with Crippen LogP contribution in [0.1, 0.15) is 23.0 Å². The summed E-state index contributed by atoms with van der Waals surface area (Å²) in [6.07, 6.45) is 1.93. The maximum atomic E-state index is 5.73. The third kappa shape index (κ3) is 3.65. The highest BCUT2D eigenvalue weighted by molar-refractivity contribution is 5.58. The maximum Gasteiger partial charge on any atom is 0.126 e. The Morgan fingerprint density at radius 2 is 1.92 bits per heavy atom. The van der Waals surface area contributed by atoms with E-state index < -0.39 is 0 Å². The van der Waals surface area contributed by atoms with Gasteiger partial charge in [-0.15, -0.1) is 0 Å². The van der Waals surface area contributed by atoms with E-state index in [1.165, 1.54) is 11.1 Å². The molecule has 0 amide bonds. The van der Waals surface area contributed by atoms with Crippen molar-refractivity contribution in [3.8, 4) is 11.3 Å². The molecule has 1 atom stereocenters. The van der Waals surface area contributed by atoms with Gasteiger partial charge >= 0.3 is 0 Å². The summed E-state index contributed by atoms with van der Waals surface area (Å²) in [6, 6.07) is 19.3. The molecule has 2 heterocycles. The Morgan fingerprint density at radius 3 is 2.72 bits per heavy atom. The van der Waals surface area contributed by atoms with E-state index in [2.05, 4.69) is 76.4 Å². The smallest absolute Gasteiger partial charge is 0.126 e. The van der Waals surface area contributed by atoms with E-state index in [1.807, 2.05) is 6.20 Å². The summed E-state index contributed by atoms with van der Waals surface area (Å²) >= 11 is 0. The van der Waals surface area contributed by atoms with Gasteiger partial charge in [0.25, 0.3) is 0 Å². The molecule has 1 aliphatic heterocycles. The summed E-state index contributed by atoms with van der Waals surface area (Å²) in [5.41, 5.74) is 4.80. The Balaban J connectivity index is 1.55. The minimum absolute atomic E-state index is 0.160. The SMILES string of the molecule is Cc1ccc(-c2cnc(C3COCCN3Cc3ccccc3)[nH]2)cc1. The van der Waals surface area contributed by atoms with Crippen molar-refractivity contribution in [2.75, 3.05) is 19.8 Å². The zero-order valence-corrected chi connectivity index (χ0v) is 14.5. The number of aromatic nitrogens is 2. The molecule has 4 rings (SSSR count). The Labute approximate surface area is 148 Å². The summed E-state index contributed by atoms with van der Waals surface area (Å²) < 4.78 is 5.73. The fourth-order valence-electron chi connectivity index (χ4n) is 3.28. The van der Waals surface area contributed by atoms with E-state index in [1.54, 1.807) is 0 Å². The van der Waals surface area contributed by atoms with Gasteiger partial charge in [-0.05, 0) is 18.1 Å². The van der Waals surface area contributed by atoms with Crippen molar-refractivity contribution in [1.29, 1.82) is 0 Å². The fraction of sp³-hybridized carbons (Fsp3) is 0.286. The highest BCUT2D eigenvalue weighted by Crippen LogP contribution is 2.26. The van der Waals surface area contributed by atoms with Gasteiger partial charge in [0.2, 0.25) is 0 Å². The molecule has 25 heavy (non-hydrogen) atoms. The fourth-order valence-corrected chi connectivity index (χ4v) is 3.28. The van der Waals surface area contributed by atoms with E-state index in [0.717, 1.165) is 36.8 Å². The van der Waals surface area contributed by atoms with Crippen LogP contribution < -0.4 is 0 Å². The Morgan fingerprint density at radius 1 is 1.12 bits per heavy atom. The van der Waals surface area contributed by atoms with E-state index >= 15 is 0 Å². The number of hydrogen-bond acceptors (Lipinski definition) is 3. The molecule has 0 saturated carbocycles. The van der Waals surface area contributed by atoms with Crippen LogP contribution in [0, 0.1) is 6.92 Å². The zero-order chi connectivity index (χ0) is 17.1. The van der Waals surface area contributed by atoms with Crippen LogP contribution in [-0.2, 0) is 11.3 Å². The van der Waals surface area contributed by atoms with Crippen molar-refractivity contribution in [2.45, 2.75) is 19.5 Å². The van der Waals surface area contributed by atoms with Crippen LogP contribution >= 0.6 is 0 Å². The molecule has 1 unspecified atom stereocenters. The number of hydrogen-bond donors (Lipinski definition) is 1. The topological polar surface area (TPSA) is 41.1 Å². The van der Waals surface area contributed by atoms with Crippen LogP contribution in [0.3, 0.4) is 0 Å². The Bertz CT molecular complexity index is 811. The van der Waals surface area contributed by atoms with Crippen LogP contribution in [0.4, 0.5) is 0 Å². The third-order valence-corrected chi connectivity index (χ3v) is 4.74. The number of H-pyrrole nitrogens is 1. The third-order valence-electron chi connectivity index (χ3n) is 4.74. The van der Waals surface area contributed by atoms with Crippen molar-refractivity contribution < 1.29 is 4.74 Å². The minimum atomic E-state index is 0.160. The highest BCUT2D eigenvalue weighted by Gasteiger charge is 2.27. The molecular formula is C21H23N3O. The molecule has 1 aromatic heterocycles. The first-order valence-corrected chi connectivity index (χ1v) is 8.77. The summed E-state index contributed by atoms with van der Waals surface area (Å²) in [5, 5.41) is 0. The van der Waals surface area contributed by atoms with Gasteiger partial charge in [0, 0.05) is 13.1 Å². The number of rotatable bonds is 4. The molecule has 1 N–H and O–H groups in total. The zero-order valence-electron chi connectivity index (χ0n) is 14.5. The highest BCUT2D eigenvalue weighted by atomic mass is 16.5. The largest absolute Gasteiger partial charge is 0.378 e. The van der Waals surface area contributed by atoms with E-state index in [0.29, 0.717) is 6.61 Å². The van der Waals surface area contributed by atoms with Crippen LogP contribution in [0.25, 0.3) is 11.3 Å². The second-order valence-electron chi connectivity index (χ2n) is 6.59. The van der Waals surface area contributed by atoms with Crippen molar-refractivity contribution in [3.05, 3.63) is 77.7 Å². The number of aromatic amines is 1. The number of benzene rings is 2. The Kier molecular flexibility index (Phi) is 4.63. The minimum Gasteiger partial charge on any atom is -0.378 e. The Hall–Kier alpha value is -2.43. The summed E-state index contributed by atoms with van der Waals surface area (Å²) in [4.78, 5) is 10.6. The van der Waals surface area contributed by atoms with Gasteiger partial charge in [-0.2, -0.15) is 0 Å². The molecule has 0 spiro atoms. The van der Waals surface area contributed by atoms with E-state index in [9.17, 15) is 0 Å². The van der Waals surface area contributed by atoms with Crippen LogP contribution in [-0.4, -0.2) is 34.6 Å². The first kappa shape index (κ1) is 16.1. The molecule has 2 aromatic carbocycles. The standard InChI is InChI=1S/C21H23N3O/c1-16-7-9-18(10-8-16)19-13-22-21(23-19)20-15-25-12-11-24(20)14-17-5-3-2-4-6-17/h2-10,13,20H,11-12,14-15H2,1H3,(H,22,23). The monoisotopic (exact) mass is 333 g/mol. The summed E-state index contributed by atoms with van der Waals surface area (Å²) in [5.74, 6) is 0.978. The van der Waals surface area contributed by atoms with Gasteiger partial charge < -0.3 is 9.72 Å². The lowest BCUT2D eigenvalue weighted by molar-refractivity contribution is -0.0156. The number of nitrogens with one attached hydrogen (secondary N) is 1. The molecule has 4 nitrogen and oxygen atoms in total. The number of aryl methyl sites for hydroxylation is 1. The number of ether oxygens (including phenoxy) is 1. The van der Waals surface area contributed by atoms with Gasteiger partial charge in [0.15, 0.2) is 0 Å². The van der Waals surface area contributed by atoms with Crippen molar-refractivity contribution >= 4 is 0 Å². The first-order chi connectivity index (χ1) is 12.3. The molecule has 0 aliphatic carbocycles. The van der Waals surface area contributed by atoms with Gasteiger partial charge in [-0.1, -0.05) is 60.2 Å². The second kappa shape index (κ2) is 7.21. The van der Waals surface area contributed by atoms with Crippen molar-refractivity contribution in [1.82, 2.24) is 14.9 Å². The van der Waals surface area contributed by atoms with Gasteiger partial charge in [-0.25, -0.2) is 4.98 Å². The van der Waals surface area contributed by atoms with Crippen molar-refractivity contribution in [2.24, 2.45) is 0 Å². The quantitative estimate of drug-likeness (QED) is 0.786. The van der Waals surface area contributed by atoms with Crippen LogP contribution in [0.15, 0.2) is 60.8 Å². The molecular weight excluding hydrogens is 310 g/mol. The summed E-state index contributed by atoms with van der Waals surface area (Å²) in [6.45, 7) is 5.38. The van der Waals surface area contributed by atoms with E-state index in [4.69, 9.17) is 4.74 Å². The van der Waals surface area contributed by atoms with Crippen LogP contribution in [0.2, 0.25) is 0 Å². The molecule has 1 fully saturated rings. The molecule has 0 bridgehead atoms. The summed E-state index contributed by atoms with van der Waals surface area (Å²) in [7, 11) is 0. The molecule has 1 saturated heterocycles. The predicted octanol–water partition coefficient (Wildman–Crippen LogP) is 3.96. The van der Waals surface area contributed by atoms with Crippen LogP contribution in [0.5, 0.6) is 0 Å². The maximum absolute atomic E-state index is 5.73. The predicted molar refractivity (Wildman–Crippen MR) is 99.2 cm³/mol. The lowest BCUT2D eigenvalue weighted by Gasteiger charge is -2.34. The average Bonchev–Trinajstić information content (AvgIpc) is 3.14. The van der Waals surface area contributed by atoms with E-state index in [-0.39, 0.29) is 6.04 Å². The van der Waals surface area contributed by atoms with Gasteiger partial charge in [0.05, 0.1) is 31.1 Å². The number of imidazole rings is 1. The lowest BCUT2D eigenvalue weighted by atomic mass is 10.1. The van der Waals surface area contributed by atoms with Crippen molar-refractivity contribution in [3.63, 3.8) is 0 Å². The molecule has 0 radical (unpaired) electrons. The number of morpholine rings is 1. The molecule has 128 valence electrons. The van der Waals surface area contributed by atoms with Gasteiger partial charge in [0.1, 0.15) is 5.82 Å². The first-order valence-electron chi connectivity index (χ1n) is 8.77. The van der Waals surface area contributed by atoms with Gasteiger partial charge in [-0.3, -0.25) is 4.90 Å². The second-order valence-corrected chi connectivity index (χ2v) is 6.59. The normalized spacial score (nSPS) is 18.4. The average molecular weight is 333 g/mol. The number of nitrogens with zero attached hydrogens (tertiary/aromatic N) is 2. The molecule has 3 aromatic rings. The molecule has 1 aliphatic rings. The molecule has 4 heteroatoms. The lowest BCUT2D eigenvalue weighted by Crippen LogP contribution is -2.39.